The largest absolute Gasteiger partial charge is 0.492 e. The van der Waals surface area contributed by atoms with Gasteiger partial charge < -0.3 is 10.1 Å². The monoisotopic (exact) mass is 360 g/mol. The SMILES string of the molecule is C[C@H](C(=O)N[C@H](C)c1ccccc1)N(C)CCOc1cccc(Cl)c1. The van der Waals surface area contributed by atoms with Crippen LogP contribution in [-0.4, -0.2) is 37.0 Å². The van der Waals surface area contributed by atoms with Crippen molar-refractivity contribution in [1.29, 1.82) is 0 Å². The zero-order chi connectivity index (χ0) is 18.2. The molecular weight excluding hydrogens is 336 g/mol. The van der Waals surface area contributed by atoms with Crippen molar-refractivity contribution in [3.8, 4) is 5.75 Å². The first-order chi connectivity index (χ1) is 12.0. The second-order valence-corrected chi connectivity index (χ2v) is 6.54. The first kappa shape index (κ1) is 19.3. The maximum atomic E-state index is 12.4. The number of halogens is 1. The highest BCUT2D eigenvalue weighted by Crippen LogP contribution is 2.17. The summed E-state index contributed by atoms with van der Waals surface area (Å²) in [5, 5.41) is 3.70. The Balaban J connectivity index is 1.78. The number of nitrogens with one attached hydrogen (secondary N) is 1. The molecular formula is C20H25ClN2O2. The summed E-state index contributed by atoms with van der Waals surface area (Å²) in [6.45, 7) is 5.01. The van der Waals surface area contributed by atoms with E-state index in [2.05, 4.69) is 5.32 Å². The van der Waals surface area contributed by atoms with Crippen LogP contribution in [0.3, 0.4) is 0 Å². The summed E-state index contributed by atoms with van der Waals surface area (Å²) in [6, 6.07) is 17.0. The number of carbonyl (C=O) groups is 1. The van der Waals surface area contributed by atoms with Crippen molar-refractivity contribution in [3.63, 3.8) is 0 Å². The number of amides is 1. The zero-order valence-electron chi connectivity index (χ0n) is 14.9. The lowest BCUT2D eigenvalue weighted by Crippen LogP contribution is -2.45. The third-order valence-corrected chi connectivity index (χ3v) is 4.44. The number of rotatable bonds is 8. The fourth-order valence-electron chi connectivity index (χ4n) is 2.42. The maximum Gasteiger partial charge on any atom is 0.237 e. The van der Waals surface area contributed by atoms with Gasteiger partial charge in [-0.3, -0.25) is 9.69 Å². The number of nitrogens with zero attached hydrogens (tertiary/aromatic N) is 1. The van der Waals surface area contributed by atoms with Crippen molar-refractivity contribution in [2.45, 2.75) is 25.9 Å². The van der Waals surface area contributed by atoms with Gasteiger partial charge in [-0.1, -0.05) is 48.0 Å². The van der Waals surface area contributed by atoms with Crippen LogP contribution in [0.1, 0.15) is 25.5 Å². The molecule has 2 aromatic rings. The minimum Gasteiger partial charge on any atom is -0.492 e. The topological polar surface area (TPSA) is 41.6 Å². The lowest BCUT2D eigenvalue weighted by molar-refractivity contribution is -0.126. The lowest BCUT2D eigenvalue weighted by Gasteiger charge is -2.25. The molecule has 2 atom stereocenters. The molecule has 25 heavy (non-hydrogen) atoms. The second kappa shape index (κ2) is 9.44. The third-order valence-electron chi connectivity index (χ3n) is 4.21. The summed E-state index contributed by atoms with van der Waals surface area (Å²) in [6.07, 6.45) is 0. The van der Waals surface area contributed by atoms with E-state index >= 15 is 0 Å². The molecule has 2 rings (SSSR count). The molecule has 1 amide bonds. The van der Waals surface area contributed by atoms with E-state index < -0.39 is 0 Å². The summed E-state index contributed by atoms with van der Waals surface area (Å²) in [5.41, 5.74) is 1.09. The van der Waals surface area contributed by atoms with Gasteiger partial charge >= 0.3 is 0 Å². The normalized spacial score (nSPS) is 13.3. The van der Waals surface area contributed by atoms with Gasteiger partial charge in [0.1, 0.15) is 12.4 Å². The number of hydrogen-bond donors (Lipinski definition) is 1. The van der Waals surface area contributed by atoms with Crippen LogP contribution in [0, 0.1) is 0 Å². The van der Waals surface area contributed by atoms with Crippen LogP contribution < -0.4 is 10.1 Å². The smallest absolute Gasteiger partial charge is 0.237 e. The third kappa shape index (κ3) is 6.07. The van der Waals surface area contributed by atoms with E-state index in [9.17, 15) is 4.79 Å². The summed E-state index contributed by atoms with van der Waals surface area (Å²) in [5.74, 6) is 0.734. The van der Waals surface area contributed by atoms with Gasteiger partial charge in [0.2, 0.25) is 5.91 Å². The highest BCUT2D eigenvalue weighted by Gasteiger charge is 2.19. The number of carbonyl (C=O) groups excluding carboxylic acids is 1. The van der Waals surface area contributed by atoms with Gasteiger partial charge in [0.15, 0.2) is 0 Å². The number of hydrogen-bond acceptors (Lipinski definition) is 3. The van der Waals surface area contributed by atoms with Gasteiger partial charge in [-0.2, -0.15) is 0 Å². The Morgan fingerprint density at radius 1 is 1.16 bits per heavy atom. The molecule has 0 aliphatic carbocycles. The van der Waals surface area contributed by atoms with E-state index in [-0.39, 0.29) is 18.0 Å². The molecule has 5 heteroatoms. The molecule has 1 N–H and O–H groups in total. The van der Waals surface area contributed by atoms with Crippen molar-refractivity contribution in [2.24, 2.45) is 0 Å². The van der Waals surface area contributed by atoms with Crippen molar-refractivity contribution in [2.75, 3.05) is 20.2 Å². The predicted octanol–water partition coefficient (Wildman–Crippen LogP) is 3.92. The van der Waals surface area contributed by atoms with E-state index in [4.69, 9.17) is 16.3 Å². The van der Waals surface area contributed by atoms with E-state index in [1.54, 1.807) is 12.1 Å². The van der Waals surface area contributed by atoms with Gasteiger partial charge in [0, 0.05) is 11.6 Å². The summed E-state index contributed by atoms with van der Waals surface area (Å²) in [7, 11) is 1.92. The fraction of sp³-hybridized carbons (Fsp3) is 0.350. The zero-order valence-corrected chi connectivity index (χ0v) is 15.7. The maximum absolute atomic E-state index is 12.4. The molecule has 0 spiro atoms. The molecule has 4 nitrogen and oxygen atoms in total. The number of benzene rings is 2. The molecule has 0 bridgehead atoms. The second-order valence-electron chi connectivity index (χ2n) is 6.10. The molecule has 0 fully saturated rings. The van der Waals surface area contributed by atoms with E-state index in [1.165, 1.54) is 0 Å². The van der Waals surface area contributed by atoms with Crippen molar-refractivity contribution >= 4 is 17.5 Å². The minimum atomic E-state index is -0.242. The van der Waals surface area contributed by atoms with Crippen LogP contribution in [0.4, 0.5) is 0 Å². The van der Waals surface area contributed by atoms with Gasteiger partial charge in [-0.15, -0.1) is 0 Å². The molecule has 0 aromatic heterocycles. The summed E-state index contributed by atoms with van der Waals surface area (Å²) >= 11 is 5.93. The average Bonchev–Trinajstić information content (AvgIpc) is 2.61. The van der Waals surface area contributed by atoms with Gasteiger partial charge in [-0.25, -0.2) is 0 Å². The average molecular weight is 361 g/mol. The first-order valence-corrected chi connectivity index (χ1v) is 8.79. The van der Waals surface area contributed by atoms with E-state index in [0.29, 0.717) is 18.2 Å². The van der Waals surface area contributed by atoms with Gasteiger partial charge in [0.05, 0.1) is 12.1 Å². The van der Waals surface area contributed by atoms with Crippen LogP contribution >= 0.6 is 11.6 Å². The van der Waals surface area contributed by atoms with Crippen LogP contribution in [0.15, 0.2) is 54.6 Å². The Morgan fingerprint density at radius 3 is 2.56 bits per heavy atom. The molecule has 0 saturated heterocycles. The van der Waals surface area contributed by atoms with E-state index in [1.807, 2.05) is 68.3 Å². The number of likely N-dealkylation sites (N-methyl/N-ethyl adjacent to an activating group) is 1. The Kier molecular flexibility index (Phi) is 7.29. The summed E-state index contributed by atoms with van der Waals surface area (Å²) in [4.78, 5) is 14.4. The quantitative estimate of drug-likeness (QED) is 0.775. The number of ether oxygens (including phenoxy) is 1. The standard InChI is InChI=1S/C20H25ClN2O2/c1-15(17-8-5-4-6-9-17)22-20(24)16(2)23(3)12-13-25-19-11-7-10-18(21)14-19/h4-11,14-16H,12-13H2,1-3H3,(H,22,24)/t15-,16-/m1/s1. The van der Waals surface area contributed by atoms with E-state index in [0.717, 1.165) is 11.3 Å². The first-order valence-electron chi connectivity index (χ1n) is 8.41. The molecule has 0 saturated carbocycles. The minimum absolute atomic E-state index is 0.00149. The highest BCUT2D eigenvalue weighted by atomic mass is 35.5. The Hall–Kier alpha value is -2.04. The van der Waals surface area contributed by atoms with Gasteiger partial charge in [0.25, 0.3) is 0 Å². The Labute approximate surface area is 154 Å². The molecule has 0 heterocycles. The Morgan fingerprint density at radius 2 is 1.88 bits per heavy atom. The predicted molar refractivity (Wildman–Crippen MR) is 102 cm³/mol. The van der Waals surface area contributed by atoms with Crippen molar-refractivity contribution in [1.82, 2.24) is 10.2 Å². The molecule has 0 unspecified atom stereocenters. The van der Waals surface area contributed by atoms with Gasteiger partial charge in [-0.05, 0) is 44.7 Å². The summed E-state index contributed by atoms with van der Waals surface area (Å²) < 4.78 is 5.68. The lowest BCUT2D eigenvalue weighted by atomic mass is 10.1. The van der Waals surface area contributed by atoms with Crippen LogP contribution in [0.2, 0.25) is 5.02 Å². The molecule has 2 aromatic carbocycles. The molecule has 0 aliphatic heterocycles. The molecule has 0 aliphatic rings. The molecule has 134 valence electrons. The van der Waals surface area contributed by atoms with Crippen molar-refractivity contribution < 1.29 is 9.53 Å². The van der Waals surface area contributed by atoms with Crippen molar-refractivity contribution in [3.05, 3.63) is 65.2 Å². The fourth-order valence-corrected chi connectivity index (χ4v) is 2.60. The van der Waals surface area contributed by atoms with Crippen LogP contribution in [0.5, 0.6) is 5.75 Å². The molecule has 0 radical (unpaired) electrons. The Bertz CT molecular complexity index is 678. The highest BCUT2D eigenvalue weighted by molar-refractivity contribution is 6.30. The van der Waals surface area contributed by atoms with Crippen LogP contribution in [0.25, 0.3) is 0 Å². The van der Waals surface area contributed by atoms with Crippen LogP contribution in [-0.2, 0) is 4.79 Å².